The smallest absolute Gasteiger partial charge is 0.255 e. The molecule has 0 bridgehead atoms. The number of aromatic nitrogens is 4. The highest BCUT2D eigenvalue weighted by molar-refractivity contribution is 6.34. The minimum atomic E-state index is -0.0640. The van der Waals surface area contributed by atoms with Gasteiger partial charge in [0.25, 0.3) is 5.91 Å². The van der Waals surface area contributed by atoms with Gasteiger partial charge >= 0.3 is 0 Å². The van der Waals surface area contributed by atoms with Gasteiger partial charge in [-0.2, -0.15) is 5.10 Å². The number of carbonyl (C=O) groups excluding carboxylic acids is 1. The SMILES string of the molecule is Cc1cccc(C(=O)N2CCc3c(ncnc3-c3cnn(C)c3)C2)c1Cl. The maximum absolute atomic E-state index is 12.9. The highest BCUT2D eigenvalue weighted by atomic mass is 35.5. The first-order valence-corrected chi connectivity index (χ1v) is 8.78. The van der Waals surface area contributed by atoms with Crippen molar-refractivity contribution in [1.82, 2.24) is 24.6 Å². The standard InChI is InChI=1S/C19H18ClN5O/c1-12-4-3-5-15(17(12)20)19(26)25-7-6-14-16(10-25)21-11-22-18(14)13-8-23-24(2)9-13/h3-5,8-9,11H,6-7,10H2,1-2H3. The lowest BCUT2D eigenvalue weighted by molar-refractivity contribution is 0.0732. The largest absolute Gasteiger partial charge is 0.332 e. The van der Waals surface area contributed by atoms with Crippen molar-refractivity contribution in [3.63, 3.8) is 0 Å². The summed E-state index contributed by atoms with van der Waals surface area (Å²) in [6, 6.07) is 5.53. The Hall–Kier alpha value is -2.73. The first-order chi connectivity index (χ1) is 12.5. The third-order valence-corrected chi connectivity index (χ3v) is 5.20. The van der Waals surface area contributed by atoms with Gasteiger partial charge in [0.15, 0.2) is 0 Å². The molecule has 0 N–H and O–H groups in total. The van der Waals surface area contributed by atoms with Crippen molar-refractivity contribution in [1.29, 1.82) is 0 Å². The molecule has 3 heterocycles. The number of benzene rings is 1. The van der Waals surface area contributed by atoms with E-state index < -0.39 is 0 Å². The minimum absolute atomic E-state index is 0.0640. The fraction of sp³-hybridized carbons (Fsp3) is 0.263. The summed E-state index contributed by atoms with van der Waals surface area (Å²) in [5.74, 6) is -0.0640. The van der Waals surface area contributed by atoms with Crippen LogP contribution in [0.25, 0.3) is 11.3 Å². The van der Waals surface area contributed by atoms with Gasteiger partial charge in [0.1, 0.15) is 6.33 Å². The molecule has 4 rings (SSSR count). The zero-order chi connectivity index (χ0) is 18.3. The van der Waals surface area contributed by atoms with Crippen molar-refractivity contribution in [2.45, 2.75) is 19.9 Å². The Kier molecular flexibility index (Phi) is 4.20. The molecule has 6 nitrogen and oxygen atoms in total. The van der Waals surface area contributed by atoms with E-state index in [1.165, 1.54) is 0 Å². The normalized spacial score (nSPS) is 13.6. The number of aryl methyl sites for hydroxylation is 2. The van der Waals surface area contributed by atoms with Gasteiger partial charge in [0.2, 0.25) is 0 Å². The Balaban J connectivity index is 1.65. The summed E-state index contributed by atoms with van der Waals surface area (Å²) in [6.07, 6.45) is 5.99. The molecule has 0 saturated carbocycles. The van der Waals surface area contributed by atoms with Crippen LogP contribution in [0, 0.1) is 6.92 Å². The van der Waals surface area contributed by atoms with Gasteiger partial charge in [-0.25, -0.2) is 9.97 Å². The molecule has 1 aromatic carbocycles. The molecule has 132 valence electrons. The van der Waals surface area contributed by atoms with Crippen LogP contribution in [-0.2, 0) is 20.0 Å². The molecule has 7 heteroatoms. The Labute approximate surface area is 156 Å². The van der Waals surface area contributed by atoms with Gasteiger partial charge in [0, 0.05) is 30.9 Å². The lowest BCUT2D eigenvalue weighted by Crippen LogP contribution is -2.37. The maximum atomic E-state index is 12.9. The Morgan fingerprint density at radius 3 is 2.88 bits per heavy atom. The zero-order valence-electron chi connectivity index (χ0n) is 14.6. The van der Waals surface area contributed by atoms with Crippen molar-refractivity contribution < 1.29 is 4.79 Å². The number of halogens is 1. The Bertz CT molecular complexity index is 997. The molecular weight excluding hydrogens is 350 g/mol. The second kappa shape index (κ2) is 6.53. The molecule has 1 aliphatic rings. The van der Waals surface area contributed by atoms with E-state index >= 15 is 0 Å². The third-order valence-electron chi connectivity index (χ3n) is 4.69. The fourth-order valence-electron chi connectivity index (χ4n) is 3.30. The van der Waals surface area contributed by atoms with Crippen molar-refractivity contribution in [2.75, 3.05) is 6.54 Å². The molecule has 0 atom stereocenters. The molecule has 1 aliphatic heterocycles. The molecule has 2 aromatic heterocycles. The maximum Gasteiger partial charge on any atom is 0.255 e. The van der Waals surface area contributed by atoms with E-state index in [2.05, 4.69) is 15.1 Å². The van der Waals surface area contributed by atoms with E-state index in [4.69, 9.17) is 11.6 Å². The van der Waals surface area contributed by atoms with Crippen LogP contribution in [0.5, 0.6) is 0 Å². The first-order valence-electron chi connectivity index (χ1n) is 8.40. The van der Waals surface area contributed by atoms with Gasteiger partial charge < -0.3 is 4.90 Å². The first kappa shape index (κ1) is 16.7. The number of nitrogens with zero attached hydrogens (tertiary/aromatic N) is 5. The molecule has 1 amide bonds. The minimum Gasteiger partial charge on any atom is -0.332 e. The molecule has 0 saturated heterocycles. The van der Waals surface area contributed by atoms with Gasteiger partial charge in [-0.3, -0.25) is 9.48 Å². The van der Waals surface area contributed by atoms with E-state index in [0.717, 1.165) is 28.1 Å². The quantitative estimate of drug-likeness (QED) is 0.698. The number of carbonyl (C=O) groups is 1. The van der Waals surface area contributed by atoms with Crippen molar-refractivity contribution in [2.24, 2.45) is 7.05 Å². The van der Waals surface area contributed by atoms with Crippen LogP contribution < -0.4 is 0 Å². The predicted molar refractivity (Wildman–Crippen MR) is 98.9 cm³/mol. The van der Waals surface area contributed by atoms with E-state index in [0.29, 0.717) is 30.1 Å². The summed E-state index contributed by atoms with van der Waals surface area (Å²) in [7, 11) is 1.88. The van der Waals surface area contributed by atoms with Gasteiger partial charge in [-0.1, -0.05) is 23.7 Å². The molecule has 0 radical (unpaired) electrons. The fourth-order valence-corrected chi connectivity index (χ4v) is 3.51. The van der Waals surface area contributed by atoms with Gasteiger partial charge in [-0.15, -0.1) is 0 Å². The van der Waals surface area contributed by atoms with Gasteiger partial charge in [-0.05, 0) is 25.0 Å². The van der Waals surface area contributed by atoms with E-state index in [1.54, 1.807) is 28.2 Å². The van der Waals surface area contributed by atoms with E-state index in [9.17, 15) is 4.79 Å². The lowest BCUT2D eigenvalue weighted by atomic mass is 9.99. The van der Waals surface area contributed by atoms with Crippen LogP contribution in [0.15, 0.2) is 36.9 Å². The summed E-state index contributed by atoms with van der Waals surface area (Å²) < 4.78 is 1.75. The lowest BCUT2D eigenvalue weighted by Gasteiger charge is -2.29. The summed E-state index contributed by atoms with van der Waals surface area (Å²) >= 11 is 6.33. The molecule has 0 fully saturated rings. The van der Waals surface area contributed by atoms with Gasteiger partial charge in [0.05, 0.1) is 34.7 Å². The molecule has 0 spiro atoms. The highest BCUT2D eigenvalue weighted by Gasteiger charge is 2.26. The second-order valence-electron chi connectivity index (χ2n) is 6.46. The molecule has 0 unspecified atom stereocenters. The van der Waals surface area contributed by atoms with Crippen molar-refractivity contribution in [3.05, 3.63) is 64.3 Å². The Morgan fingerprint density at radius 1 is 1.27 bits per heavy atom. The average molecular weight is 368 g/mol. The van der Waals surface area contributed by atoms with Crippen LogP contribution >= 0.6 is 11.6 Å². The number of hydrogen-bond donors (Lipinski definition) is 0. The number of fused-ring (bicyclic) bond motifs is 1. The highest BCUT2D eigenvalue weighted by Crippen LogP contribution is 2.29. The average Bonchev–Trinajstić information content (AvgIpc) is 3.08. The summed E-state index contributed by atoms with van der Waals surface area (Å²) in [5.41, 5.74) is 5.26. The van der Waals surface area contributed by atoms with Crippen molar-refractivity contribution >= 4 is 17.5 Å². The number of amides is 1. The van der Waals surface area contributed by atoms with Crippen molar-refractivity contribution in [3.8, 4) is 11.3 Å². The molecule has 3 aromatic rings. The molecule has 0 aliphatic carbocycles. The second-order valence-corrected chi connectivity index (χ2v) is 6.84. The predicted octanol–water partition coefficient (Wildman–Crippen LogP) is 3.04. The van der Waals surface area contributed by atoms with Crippen LogP contribution in [-0.4, -0.2) is 37.1 Å². The topological polar surface area (TPSA) is 63.9 Å². The van der Waals surface area contributed by atoms with E-state index in [-0.39, 0.29) is 5.91 Å². The number of rotatable bonds is 2. The van der Waals surface area contributed by atoms with Crippen LogP contribution in [0.1, 0.15) is 27.2 Å². The number of hydrogen-bond acceptors (Lipinski definition) is 4. The monoisotopic (exact) mass is 367 g/mol. The van der Waals surface area contributed by atoms with Crippen LogP contribution in [0.2, 0.25) is 5.02 Å². The van der Waals surface area contributed by atoms with E-state index in [1.807, 2.05) is 32.3 Å². The van der Waals surface area contributed by atoms with Crippen LogP contribution in [0.3, 0.4) is 0 Å². The Morgan fingerprint density at radius 2 is 2.12 bits per heavy atom. The zero-order valence-corrected chi connectivity index (χ0v) is 15.4. The molecular formula is C19H18ClN5O. The van der Waals surface area contributed by atoms with Crippen LogP contribution in [0.4, 0.5) is 0 Å². The third kappa shape index (κ3) is 2.86. The summed E-state index contributed by atoms with van der Waals surface area (Å²) in [5, 5.41) is 4.74. The summed E-state index contributed by atoms with van der Waals surface area (Å²) in [4.78, 5) is 23.6. The molecule has 26 heavy (non-hydrogen) atoms. The summed E-state index contributed by atoms with van der Waals surface area (Å²) in [6.45, 7) is 2.96.